The zero-order valence-corrected chi connectivity index (χ0v) is 23.4. The molecule has 5 rings (SSSR count). The van der Waals surface area contributed by atoms with Crippen LogP contribution in [0.2, 0.25) is 5.02 Å². The average Bonchev–Trinajstić information content (AvgIpc) is 3.00. The molecular weight excluding hydrogens is 549 g/mol. The molecule has 3 aromatic rings. The van der Waals surface area contributed by atoms with E-state index in [1.165, 1.54) is 11.1 Å². The van der Waals surface area contributed by atoms with Gasteiger partial charge in [0.2, 0.25) is 5.91 Å². The van der Waals surface area contributed by atoms with Gasteiger partial charge in [-0.15, -0.1) is 0 Å². The number of carbonyl (C=O) groups excluding carboxylic acids is 2. The van der Waals surface area contributed by atoms with Gasteiger partial charge in [-0.05, 0) is 48.9 Å². The molecule has 41 heavy (non-hydrogen) atoms. The molecule has 2 amide bonds. The van der Waals surface area contributed by atoms with E-state index in [1.807, 2.05) is 48.5 Å². The maximum absolute atomic E-state index is 14.6. The van der Waals surface area contributed by atoms with Crippen LogP contribution in [-0.2, 0) is 20.9 Å². The van der Waals surface area contributed by atoms with Gasteiger partial charge in [0.05, 0.1) is 23.2 Å². The molecule has 2 N–H and O–H groups in total. The Morgan fingerprint density at radius 2 is 1.88 bits per heavy atom. The van der Waals surface area contributed by atoms with Crippen molar-refractivity contribution >= 4 is 35.2 Å². The fourth-order valence-corrected chi connectivity index (χ4v) is 5.20. The minimum Gasteiger partial charge on any atom is -0.445 e. The van der Waals surface area contributed by atoms with Crippen molar-refractivity contribution in [2.45, 2.75) is 32.0 Å². The number of alkyl halides is 1. The van der Waals surface area contributed by atoms with Crippen LogP contribution >= 0.6 is 11.6 Å². The number of piperidine rings is 1. The first-order valence-electron chi connectivity index (χ1n) is 13.8. The number of benzene rings is 1. The summed E-state index contributed by atoms with van der Waals surface area (Å²) < 4.78 is 25.4. The Labute approximate surface area is 243 Å². The normalized spacial score (nSPS) is 19.4. The van der Waals surface area contributed by atoms with Gasteiger partial charge in [-0.1, -0.05) is 48.0 Å². The Morgan fingerprint density at radius 1 is 1.07 bits per heavy atom. The second-order valence-electron chi connectivity index (χ2n) is 10.4. The number of amides is 2. The van der Waals surface area contributed by atoms with Gasteiger partial charge in [-0.25, -0.2) is 19.2 Å². The molecule has 2 aliphatic heterocycles. The number of halogens is 2. The highest BCUT2D eigenvalue weighted by Gasteiger charge is 2.35. The van der Waals surface area contributed by atoms with Crippen molar-refractivity contribution in [2.24, 2.45) is 11.8 Å². The van der Waals surface area contributed by atoms with Crippen molar-refractivity contribution in [2.75, 3.05) is 43.5 Å². The molecule has 2 atom stereocenters. The Kier molecular flexibility index (Phi) is 9.63. The van der Waals surface area contributed by atoms with E-state index in [9.17, 15) is 14.0 Å². The van der Waals surface area contributed by atoms with Crippen LogP contribution in [0.1, 0.15) is 24.8 Å². The first-order valence-corrected chi connectivity index (χ1v) is 14.2. The van der Waals surface area contributed by atoms with Crippen LogP contribution in [0, 0.1) is 11.8 Å². The number of aromatic nitrogens is 2. The molecule has 4 heterocycles. The first-order chi connectivity index (χ1) is 19.9. The number of nitrogens with zero attached hydrogens (tertiary/aromatic N) is 3. The highest BCUT2D eigenvalue weighted by Crippen LogP contribution is 2.30. The van der Waals surface area contributed by atoms with Crippen molar-refractivity contribution in [1.82, 2.24) is 14.9 Å². The Balaban J connectivity index is 1.21. The second-order valence-corrected chi connectivity index (χ2v) is 10.8. The van der Waals surface area contributed by atoms with Crippen molar-refractivity contribution in [3.63, 3.8) is 0 Å². The molecule has 0 unspecified atom stereocenters. The van der Waals surface area contributed by atoms with Crippen LogP contribution in [-0.4, -0.2) is 65.9 Å². The molecule has 0 radical (unpaired) electrons. The SMILES string of the molecule is O=C(Nc1cc(-c2cccc(NCC3CCOCC3)n2)c(Cl)cn1)[C@@H]1C[C@H](F)CN(C(=O)OCc2ccccc2)C1. The van der Waals surface area contributed by atoms with Gasteiger partial charge < -0.3 is 25.0 Å². The minimum atomic E-state index is -1.35. The van der Waals surface area contributed by atoms with Crippen molar-refractivity contribution in [3.8, 4) is 11.3 Å². The quantitative estimate of drug-likeness (QED) is 0.358. The number of rotatable bonds is 8. The van der Waals surface area contributed by atoms with E-state index in [0.717, 1.165) is 44.0 Å². The molecule has 0 bridgehead atoms. The highest BCUT2D eigenvalue weighted by atomic mass is 35.5. The zero-order valence-electron chi connectivity index (χ0n) is 22.6. The molecule has 2 aliphatic rings. The summed E-state index contributed by atoms with van der Waals surface area (Å²) in [6.45, 7) is 2.36. The average molecular weight is 582 g/mol. The topological polar surface area (TPSA) is 106 Å². The molecule has 1 aromatic carbocycles. The molecule has 11 heteroatoms. The van der Waals surface area contributed by atoms with Gasteiger partial charge in [-0.3, -0.25) is 4.79 Å². The van der Waals surface area contributed by atoms with E-state index in [0.29, 0.717) is 22.2 Å². The summed E-state index contributed by atoms with van der Waals surface area (Å²) in [6.07, 6.45) is 1.47. The molecule has 2 fully saturated rings. The number of hydrogen-bond acceptors (Lipinski definition) is 7. The Morgan fingerprint density at radius 3 is 2.68 bits per heavy atom. The number of anilines is 2. The largest absolute Gasteiger partial charge is 0.445 e. The summed E-state index contributed by atoms with van der Waals surface area (Å²) in [5, 5.41) is 6.54. The van der Waals surface area contributed by atoms with Crippen LogP contribution < -0.4 is 10.6 Å². The van der Waals surface area contributed by atoms with E-state index < -0.39 is 24.1 Å². The molecular formula is C30H33ClFN5O4. The summed E-state index contributed by atoms with van der Waals surface area (Å²) in [5.74, 6) is 0.318. The fourth-order valence-electron chi connectivity index (χ4n) is 5.00. The van der Waals surface area contributed by atoms with Gasteiger partial charge in [0.25, 0.3) is 0 Å². The van der Waals surface area contributed by atoms with Crippen LogP contribution in [0.5, 0.6) is 0 Å². The standard InChI is InChI=1S/C30H33ClFN5O4/c31-25-16-34-28(14-24(25)26-7-4-8-27(35-26)33-15-20-9-11-40-12-10-20)36-29(38)22-13-23(32)18-37(17-22)30(39)41-19-21-5-2-1-3-6-21/h1-8,14,16,20,22-23H,9-13,15,17-19H2,(H,33,35)(H,34,36,38)/t22-,23+/m1/s1. The molecule has 0 aliphatic carbocycles. The summed E-state index contributed by atoms with van der Waals surface area (Å²) >= 11 is 6.46. The molecule has 0 saturated carbocycles. The smallest absolute Gasteiger partial charge is 0.410 e. The lowest BCUT2D eigenvalue weighted by Gasteiger charge is -2.33. The summed E-state index contributed by atoms with van der Waals surface area (Å²) in [7, 11) is 0. The monoisotopic (exact) mass is 581 g/mol. The number of ether oxygens (including phenoxy) is 2. The summed E-state index contributed by atoms with van der Waals surface area (Å²) in [4.78, 5) is 35.9. The van der Waals surface area contributed by atoms with E-state index in [1.54, 1.807) is 6.07 Å². The number of likely N-dealkylation sites (tertiary alicyclic amines) is 1. The highest BCUT2D eigenvalue weighted by molar-refractivity contribution is 6.33. The van der Waals surface area contributed by atoms with E-state index in [4.69, 9.17) is 26.1 Å². The third kappa shape index (κ3) is 7.92. The van der Waals surface area contributed by atoms with E-state index in [-0.39, 0.29) is 31.9 Å². The van der Waals surface area contributed by atoms with Crippen LogP contribution in [0.4, 0.5) is 20.8 Å². The number of carbonyl (C=O) groups is 2. The van der Waals surface area contributed by atoms with Gasteiger partial charge in [-0.2, -0.15) is 0 Å². The van der Waals surface area contributed by atoms with Gasteiger partial charge in [0.15, 0.2) is 0 Å². The van der Waals surface area contributed by atoms with Gasteiger partial charge in [0.1, 0.15) is 24.4 Å². The number of hydrogen-bond donors (Lipinski definition) is 2. The molecule has 2 aromatic heterocycles. The Bertz CT molecular complexity index is 1340. The third-order valence-corrected chi connectivity index (χ3v) is 7.58. The van der Waals surface area contributed by atoms with Crippen molar-refractivity contribution < 1.29 is 23.5 Å². The van der Waals surface area contributed by atoms with Gasteiger partial charge >= 0.3 is 6.09 Å². The lowest BCUT2D eigenvalue weighted by atomic mass is 9.96. The molecule has 9 nitrogen and oxygen atoms in total. The molecule has 0 spiro atoms. The predicted octanol–water partition coefficient (Wildman–Crippen LogP) is 5.57. The van der Waals surface area contributed by atoms with Crippen LogP contribution in [0.3, 0.4) is 0 Å². The summed E-state index contributed by atoms with van der Waals surface area (Å²) in [6, 6.07) is 16.5. The molecule has 2 saturated heterocycles. The predicted molar refractivity (Wildman–Crippen MR) is 154 cm³/mol. The lowest BCUT2D eigenvalue weighted by Crippen LogP contribution is -2.48. The van der Waals surface area contributed by atoms with Crippen LogP contribution in [0.25, 0.3) is 11.3 Å². The van der Waals surface area contributed by atoms with E-state index in [2.05, 4.69) is 15.6 Å². The maximum Gasteiger partial charge on any atom is 0.410 e. The third-order valence-electron chi connectivity index (χ3n) is 7.28. The summed E-state index contributed by atoms with van der Waals surface area (Å²) in [5.41, 5.74) is 2.05. The first kappa shape index (κ1) is 28.8. The van der Waals surface area contributed by atoms with E-state index >= 15 is 0 Å². The number of pyridine rings is 2. The van der Waals surface area contributed by atoms with Crippen molar-refractivity contribution in [1.29, 1.82) is 0 Å². The fraction of sp³-hybridized carbons (Fsp3) is 0.400. The maximum atomic E-state index is 14.6. The molecule has 216 valence electrons. The zero-order chi connectivity index (χ0) is 28.6. The van der Waals surface area contributed by atoms with Gasteiger partial charge in [0, 0.05) is 38.1 Å². The lowest BCUT2D eigenvalue weighted by molar-refractivity contribution is -0.122. The minimum absolute atomic E-state index is 0.00284. The number of nitrogens with one attached hydrogen (secondary N) is 2. The Hall–Kier alpha value is -3.76. The van der Waals surface area contributed by atoms with Crippen molar-refractivity contribution in [3.05, 3.63) is 71.4 Å². The van der Waals surface area contributed by atoms with Crippen LogP contribution in [0.15, 0.2) is 60.8 Å². The second kappa shape index (κ2) is 13.7.